The number of hydrogen-bond acceptors (Lipinski definition) is 6. The Morgan fingerprint density at radius 3 is 1.05 bits per heavy atom. The number of rotatable bonds is 18. The molecule has 0 amide bonds. The highest BCUT2D eigenvalue weighted by Gasteiger charge is 2.36. The summed E-state index contributed by atoms with van der Waals surface area (Å²) in [6.07, 6.45) is 2.13. The lowest BCUT2D eigenvalue weighted by atomic mass is 9.81. The normalized spacial score (nSPS) is 13.1. The first-order valence-electron chi connectivity index (χ1n) is 28.7. The zero-order chi connectivity index (χ0) is 56.5. The van der Waals surface area contributed by atoms with E-state index in [-0.39, 0.29) is 29.2 Å². The van der Waals surface area contributed by atoms with Gasteiger partial charge in [-0.2, -0.15) is 0 Å². The van der Waals surface area contributed by atoms with E-state index in [9.17, 15) is 9.59 Å². The number of ketones is 1. The number of methoxy groups -OCH3 is 1. The maximum Gasteiger partial charge on any atom is 0.306 e. The van der Waals surface area contributed by atoms with Gasteiger partial charge in [-0.25, -0.2) is 0 Å². The molecule has 0 atom stereocenters. The van der Waals surface area contributed by atoms with Gasteiger partial charge in [-0.05, 0) is 194 Å². The van der Waals surface area contributed by atoms with Crippen molar-refractivity contribution >= 4 is 45.9 Å². The van der Waals surface area contributed by atoms with Gasteiger partial charge < -0.3 is 24.1 Å². The molecule has 6 heteroatoms. The zero-order valence-electron chi connectivity index (χ0n) is 47.7. The number of esters is 1. The molecule has 82 heavy (non-hydrogen) atoms. The Kier molecular flexibility index (Phi) is 14.7. The molecule has 0 saturated heterocycles. The summed E-state index contributed by atoms with van der Waals surface area (Å²) >= 11 is 0. The number of nitrogens with zero attached hydrogens (tertiary/aromatic N) is 2. The lowest BCUT2D eigenvalue weighted by Crippen LogP contribution is -2.14. The average molecular weight is 1070 g/mol. The summed E-state index contributed by atoms with van der Waals surface area (Å²) in [5.41, 5.74) is 25.9. The SMILES string of the molecule is COCCOC(=O)CCc1ccc(N(c2ccc(-c3ccc(N(c4ccc(CCC(C)=O)cc4)c4ccc(-c5ccc6c(c5)C(C)(C)c5ccccc5-6)cc4)cc3)cc2)c2ccc(-c3ccc4c(c3)C(C)(C)c3ccccc3-4)cc2)cc1. The van der Waals surface area contributed by atoms with Crippen LogP contribution in [0.2, 0.25) is 0 Å². The fraction of sp³-hybridized carbons (Fsp3) is 0.184. The zero-order valence-corrected chi connectivity index (χ0v) is 47.7. The van der Waals surface area contributed by atoms with Gasteiger partial charge in [-0.15, -0.1) is 0 Å². The predicted molar refractivity (Wildman–Crippen MR) is 337 cm³/mol. The standard InChI is InChI=1S/C76H68N2O4/c1-51(79)15-16-52-17-32-60(33-18-52)77(64-40-26-56(27-41-64)58-30-44-68-66-11-7-9-13-70(66)75(2,3)72(68)49-58)62-36-22-54(23-37-62)55-24-38-63(39-25-55)78(61-34-19-53(20-35-61)21-46-74(80)82-48-47-81-6)65-42-28-57(29-43-65)59-31-45-69-67-12-8-10-14-71(67)76(4,5)73(69)50-59/h7-14,17-20,22-45,49-50H,15-16,21,46-48H2,1-6H3. The van der Waals surface area contributed by atoms with Crippen molar-refractivity contribution in [3.05, 3.63) is 264 Å². The van der Waals surface area contributed by atoms with E-state index in [1.807, 2.05) is 0 Å². The quantitative estimate of drug-likeness (QED) is 0.0630. The van der Waals surface area contributed by atoms with Crippen LogP contribution in [0.4, 0.5) is 34.1 Å². The van der Waals surface area contributed by atoms with Gasteiger partial charge >= 0.3 is 5.97 Å². The largest absolute Gasteiger partial charge is 0.463 e. The Balaban J connectivity index is 0.828. The number of benzene rings is 10. The molecule has 2 aliphatic carbocycles. The van der Waals surface area contributed by atoms with Gasteiger partial charge in [0.1, 0.15) is 12.4 Å². The number of aryl methyl sites for hydroxylation is 2. The van der Waals surface area contributed by atoms with Crippen molar-refractivity contribution in [2.75, 3.05) is 30.1 Å². The van der Waals surface area contributed by atoms with Gasteiger partial charge in [0.05, 0.1) is 6.61 Å². The topological polar surface area (TPSA) is 59.1 Å². The Hall–Kier alpha value is -9.10. The van der Waals surface area contributed by atoms with Gasteiger partial charge in [0.25, 0.3) is 0 Å². The third kappa shape index (κ3) is 10.5. The summed E-state index contributed by atoms with van der Waals surface area (Å²) in [4.78, 5) is 28.9. The van der Waals surface area contributed by atoms with Crippen molar-refractivity contribution in [3.8, 4) is 55.6 Å². The van der Waals surface area contributed by atoms with E-state index >= 15 is 0 Å². The van der Waals surface area contributed by atoms with Crippen LogP contribution in [0, 0.1) is 0 Å². The predicted octanol–water partition coefficient (Wildman–Crippen LogP) is 18.9. The van der Waals surface area contributed by atoms with E-state index in [0.29, 0.717) is 25.9 Å². The summed E-state index contributed by atoms with van der Waals surface area (Å²) < 4.78 is 10.4. The molecule has 12 rings (SSSR count). The Morgan fingerprint density at radius 2 is 0.683 bits per heavy atom. The minimum absolute atomic E-state index is 0.0765. The van der Waals surface area contributed by atoms with Crippen molar-refractivity contribution in [2.24, 2.45) is 0 Å². The lowest BCUT2D eigenvalue weighted by Gasteiger charge is -2.27. The molecule has 0 N–H and O–H groups in total. The first-order chi connectivity index (χ1) is 39.8. The summed E-state index contributed by atoms with van der Waals surface area (Å²) in [5, 5.41) is 0. The second-order valence-electron chi connectivity index (χ2n) is 23.0. The molecule has 0 aliphatic heterocycles. The van der Waals surface area contributed by atoms with Crippen LogP contribution < -0.4 is 9.80 Å². The number of ether oxygens (including phenoxy) is 2. The Morgan fingerprint density at radius 1 is 0.366 bits per heavy atom. The van der Waals surface area contributed by atoms with Gasteiger partial charge in [-0.1, -0.05) is 173 Å². The van der Waals surface area contributed by atoms with Crippen LogP contribution in [0.15, 0.2) is 231 Å². The van der Waals surface area contributed by atoms with Crippen molar-refractivity contribution < 1.29 is 19.1 Å². The fourth-order valence-electron chi connectivity index (χ4n) is 12.4. The van der Waals surface area contributed by atoms with E-state index in [1.54, 1.807) is 14.0 Å². The summed E-state index contributed by atoms with van der Waals surface area (Å²) in [6, 6.07) is 83.9. The van der Waals surface area contributed by atoms with Crippen LogP contribution in [-0.2, 0) is 42.7 Å². The van der Waals surface area contributed by atoms with Crippen molar-refractivity contribution in [3.63, 3.8) is 0 Å². The van der Waals surface area contributed by atoms with E-state index in [0.717, 1.165) is 68.4 Å². The van der Waals surface area contributed by atoms with Crippen LogP contribution in [0.5, 0.6) is 0 Å². The van der Waals surface area contributed by atoms with Crippen LogP contribution >= 0.6 is 0 Å². The molecule has 0 saturated carbocycles. The molecule has 0 heterocycles. The van der Waals surface area contributed by atoms with Gasteiger partial charge in [-0.3, -0.25) is 4.79 Å². The number of carbonyl (C=O) groups is 2. The van der Waals surface area contributed by atoms with Crippen LogP contribution in [0.3, 0.4) is 0 Å². The van der Waals surface area contributed by atoms with Gasteiger partial charge in [0.2, 0.25) is 0 Å². The second-order valence-corrected chi connectivity index (χ2v) is 23.0. The molecule has 0 bridgehead atoms. The molecule has 0 radical (unpaired) electrons. The molecule has 406 valence electrons. The van der Waals surface area contributed by atoms with Crippen LogP contribution in [-0.4, -0.2) is 32.1 Å². The number of hydrogen-bond donors (Lipinski definition) is 0. The molecule has 6 nitrogen and oxygen atoms in total. The number of fused-ring (bicyclic) bond motifs is 6. The maximum atomic E-state index is 12.5. The summed E-state index contributed by atoms with van der Waals surface area (Å²) in [7, 11) is 1.60. The third-order valence-corrected chi connectivity index (χ3v) is 17.0. The van der Waals surface area contributed by atoms with E-state index in [4.69, 9.17) is 9.47 Å². The van der Waals surface area contributed by atoms with Gasteiger partial charge in [0.15, 0.2) is 0 Å². The van der Waals surface area contributed by atoms with Crippen LogP contribution in [0.1, 0.15) is 80.8 Å². The molecular weight excluding hydrogens is 1000 g/mol. The highest BCUT2D eigenvalue weighted by atomic mass is 16.6. The summed E-state index contributed by atoms with van der Waals surface area (Å²) in [5.74, 6) is -0.0351. The minimum atomic E-state index is -0.230. The maximum absolute atomic E-state index is 12.5. The van der Waals surface area contributed by atoms with Crippen molar-refractivity contribution in [2.45, 2.75) is 71.1 Å². The summed E-state index contributed by atoms with van der Waals surface area (Å²) in [6.45, 7) is 11.6. The first kappa shape index (κ1) is 53.5. The second kappa shape index (κ2) is 22.4. The van der Waals surface area contributed by atoms with Gasteiger partial charge in [0, 0.05) is 64.9 Å². The third-order valence-electron chi connectivity index (χ3n) is 17.0. The van der Waals surface area contributed by atoms with E-state index < -0.39 is 0 Å². The molecule has 0 aromatic heterocycles. The average Bonchev–Trinajstić information content (AvgIpc) is 4.02. The lowest BCUT2D eigenvalue weighted by molar-refractivity contribution is -0.144. The molecule has 2 aliphatic rings. The highest BCUT2D eigenvalue weighted by Crippen LogP contribution is 2.51. The molecular formula is C76H68N2O4. The first-order valence-corrected chi connectivity index (χ1v) is 28.7. The smallest absolute Gasteiger partial charge is 0.306 e. The fourth-order valence-corrected chi connectivity index (χ4v) is 12.4. The molecule has 10 aromatic rings. The van der Waals surface area contributed by atoms with Crippen molar-refractivity contribution in [1.29, 1.82) is 0 Å². The van der Waals surface area contributed by atoms with E-state index in [1.165, 1.54) is 61.2 Å². The Bertz CT molecular complexity index is 3950. The molecule has 0 spiro atoms. The van der Waals surface area contributed by atoms with E-state index in [2.05, 4.69) is 268 Å². The Labute approximate surface area is 483 Å². The molecule has 10 aromatic carbocycles. The van der Waals surface area contributed by atoms with Crippen LogP contribution in [0.25, 0.3) is 55.6 Å². The molecule has 0 fully saturated rings. The number of anilines is 6. The monoisotopic (exact) mass is 1070 g/mol. The van der Waals surface area contributed by atoms with Crippen molar-refractivity contribution in [1.82, 2.24) is 0 Å². The molecule has 0 unspecified atom stereocenters. The number of carbonyl (C=O) groups excluding carboxylic acids is 2. The number of Topliss-reactive ketones (excluding diaryl/α,β-unsaturated/α-hetero) is 1. The highest BCUT2D eigenvalue weighted by molar-refractivity contribution is 5.87. The minimum Gasteiger partial charge on any atom is -0.463 e.